The van der Waals surface area contributed by atoms with Crippen LogP contribution in [-0.4, -0.2) is 18.0 Å². The van der Waals surface area contributed by atoms with Crippen LogP contribution in [0.2, 0.25) is 0 Å². The zero-order valence-electron chi connectivity index (χ0n) is 7.21. The summed E-state index contributed by atoms with van der Waals surface area (Å²) in [4.78, 5) is 4.36. The Kier molecular flexibility index (Phi) is 1.44. The Labute approximate surface area is 67.7 Å². The summed E-state index contributed by atoms with van der Waals surface area (Å²) in [6.07, 6.45) is 5.38. The molecule has 2 nitrogen and oxygen atoms in total. The molecule has 0 saturated heterocycles. The molecule has 0 aromatic carbocycles. The van der Waals surface area contributed by atoms with Crippen molar-refractivity contribution in [3.05, 3.63) is 0 Å². The van der Waals surface area contributed by atoms with Crippen LogP contribution in [0.1, 0.15) is 33.1 Å². The maximum absolute atomic E-state index is 5.56. The van der Waals surface area contributed by atoms with Gasteiger partial charge in [-0.2, -0.15) is 0 Å². The molecule has 0 bridgehead atoms. The van der Waals surface area contributed by atoms with Gasteiger partial charge in [0.25, 0.3) is 0 Å². The van der Waals surface area contributed by atoms with Gasteiger partial charge in [-0.1, -0.05) is 13.8 Å². The summed E-state index contributed by atoms with van der Waals surface area (Å²) in [6.45, 7) is 4.44. The summed E-state index contributed by atoms with van der Waals surface area (Å²) >= 11 is 0. The van der Waals surface area contributed by atoms with Crippen molar-refractivity contribution in [1.29, 1.82) is 0 Å². The van der Waals surface area contributed by atoms with E-state index in [4.69, 9.17) is 4.74 Å². The molecule has 1 saturated carbocycles. The molecule has 11 heavy (non-hydrogen) atoms. The van der Waals surface area contributed by atoms with Crippen molar-refractivity contribution in [3.8, 4) is 0 Å². The normalized spacial score (nSPS) is 32.5. The average molecular weight is 153 g/mol. The number of rotatable bonds is 1. The SMILES string of the molecule is CC(C)[C@@H]1N=COC12CCC2. The fourth-order valence-electron chi connectivity index (χ4n) is 2.12. The molecule has 1 heterocycles. The molecule has 1 fully saturated rings. The van der Waals surface area contributed by atoms with Gasteiger partial charge >= 0.3 is 0 Å². The van der Waals surface area contributed by atoms with E-state index in [0.717, 1.165) is 0 Å². The van der Waals surface area contributed by atoms with Crippen LogP contribution >= 0.6 is 0 Å². The van der Waals surface area contributed by atoms with Gasteiger partial charge in [-0.15, -0.1) is 0 Å². The third kappa shape index (κ3) is 0.883. The Balaban J connectivity index is 2.12. The van der Waals surface area contributed by atoms with E-state index in [0.29, 0.717) is 12.0 Å². The third-order valence-electron chi connectivity index (χ3n) is 2.88. The fourth-order valence-corrected chi connectivity index (χ4v) is 2.12. The van der Waals surface area contributed by atoms with E-state index >= 15 is 0 Å². The van der Waals surface area contributed by atoms with Crippen molar-refractivity contribution in [2.45, 2.75) is 44.8 Å². The molecule has 1 aliphatic heterocycles. The first-order valence-electron chi connectivity index (χ1n) is 4.44. The third-order valence-corrected chi connectivity index (χ3v) is 2.88. The second-order valence-electron chi connectivity index (χ2n) is 3.98. The lowest BCUT2D eigenvalue weighted by Gasteiger charge is -2.42. The standard InChI is InChI=1S/C9H15NO/c1-7(2)8-9(4-3-5-9)11-6-10-8/h6-8H,3-5H2,1-2H3/t8-/m0/s1. The van der Waals surface area contributed by atoms with Crippen molar-refractivity contribution in [2.75, 3.05) is 0 Å². The van der Waals surface area contributed by atoms with Crippen LogP contribution in [0.3, 0.4) is 0 Å². The lowest BCUT2D eigenvalue weighted by atomic mass is 9.72. The number of nitrogens with zero attached hydrogens (tertiary/aromatic N) is 1. The largest absolute Gasteiger partial charge is 0.475 e. The van der Waals surface area contributed by atoms with E-state index in [9.17, 15) is 0 Å². The van der Waals surface area contributed by atoms with Gasteiger partial charge in [-0.05, 0) is 25.2 Å². The summed E-state index contributed by atoms with van der Waals surface area (Å²) in [5, 5.41) is 0. The molecule has 62 valence electrons. The quantitative estimate of drug-likeness (QED) is 0.564. The molecular weight excluding hydrogens is 138 g/mol. The highest BCUT2D eigenvalue weighted by atomic mass is 16.5. The Morgan fingerprint density at radius 2 is 2.27 bits per heavy atom. The number of ether oxygens (including phenoxy) is 1. The second-order valence-corrected chi connectivity index (χ2v) is 3.98. The zero-order valence-corrected chi connectivity index (χ0v) is 7.21. The summed E-state index contributed by atoms with van der Waals surface area (Å²) < 4.78 is 5.56. The van der Waals surface area contributed by atoms with Gasteiger partial charge in [0, 0.05) is 0 Å². The highest BCUT2D eigenvalue weighted by Gasteiger charge is 2.49. The minimum Gasteiger partial charge on any atom is -0.475 e. The molecule has 0 amide bonds. The van der Waals surface area contributed by atoms with Crippen LogP contribution in [0, 0.1) is 5.92 Å². The first kappa shape index (κ1) is 7.14. The first-order chi connectivity index (χ1) is 5.25. The van der Waals surface area contributed by atoms with Crippen LogP contribution in [0.25, 0.3) is 0 Å². The van der Waals surface area contributed by atoms with Crippen LogP contribution in [0.5, 0.6) is 0 Å². The Bertz CT molecular complexity index is 182. The number of hydrogen-bond acceptors (Lipinski definition) is 2. The molecule has 2 rings (SSSR count). The van der Waals surface area contributed by atoms with E-state index in [2.05, 4.69) is 18.8 Å². The fraction of sp³-hybridized carbons (Fsp3) is 0.889. The predicted molar refractivity (Wildman–Crippen MR) is 44.8 cm³/mol. The van der Waals surface area contributed by atoms with Crippen molar-refractivity contribution < 1.29 is 4.74 Å². The Morgan fingerprint density at radius 1 is 1.55 bits per heavy atom. The molecule has 0 N–H and O–H groups in total. The average Bonchev–Trinajstić information content (AvgIpc) is 2.27. The van der Waals surface area contributed by atoms with Crippen molar-refractivity contribution in [3.63, 3.8) is 0 Å². The van der Waals surface area contributed by atoms with Crippen LogP contribution in [0.4, 0.5) is 0 Å². The van der Waals surface area contributed by atoms with Gasteiger partial charge in [0.2, 0.25) is 0 Å². The van der Waals surface area contributed by atoms with Gasteiger partial charge in [0.05, 0.1) is 6.04 Å². The Hall–Kier alpha value is -0.530. The first-order valence-corrected chi connectivity index (χ1v) is 4.44. The molecule has 1 atom stereocenters. The molecule has 0 unspecified atom stereocenters. The predicted octanol–water partition coefficient (Wildman–Crippen LogP) is 1.99. The molecule has 2 aliphatic rings. The van der Waals surface area contributed by atoms with E-state index in [-0.39, 0.29) is 5.60 Å². The van der Waals surface area contributed by atoms with E-state index < -0.39 is 0 Å². The van der Waals surface area contributed by atoms with Gasteiger partial charge in [0.15, 0.2) is 6.40 Å². The highest BCUT2D eigenvalue weighted by Crippen LogP contribution is 2.44. The number of aliphatic imine (C=N–C) groups is 1. The summed E-state index contributed by atoms with van der Waals surface area (Å²) in [5.74, 6) is 0.619. The minimum absolute atomic E-state index is 0.133. The monoisotopic (exact) mass is 153 g/mol. The maximum Gasteiger partial charge on any atom is 0.170 e. The molecule has 2 heteroatoms. The van der Waals surface area contributed by atoms with Crippen molar-refractivity contribution >= 4 is 6.40 Å². The summed E-state index contributed by atoms with van der Waals surface area (Å²) in [5.41, 5.74) is 0.133. The topological polar surface area (TPSA) is 21.6 Å². The van der Waals surface area contributed by atoms with Crippen LogP contribution < -0.4 is 0 Å². The zero-order chi connectivity index (χ0) is 7.90. The van der Waals surface area contributed by atoms with Gasteiger partial charge in [-0.3, -0.25) is 4.99 Å². The molecule has 1 spiro atoms. The summed E-state index contributed by atoms with van der Waals surface area (Å²) in [6, 6.07) is 0.427. The van der Waals surface area contributed by atoms with Crippen LogP contribution in [-0.2, 0) is 4.74 Å². The molecule has 1 aliphatic carbocycles. The molecule has 0 radical (unpaired) electrons. The van der Waals surface area contributed by atoms with Gasteiger partial charge < -0.3 is 4.74 Å². The van der Waals surface area contributed by atoms with Crippen molar-refractivity contribution in [1.82, 2.24) is 0 Å². The molecule has 0 aromatic heterocycles. The second kappa shape index (κ2) is 2.23. The smallest absolute Gasteiger partial charge is 0.170 e. The number of hydrogen-bond donors (Lipinski definition) is 0. The highest BCUT2D eigenvalue weighted by molar-refractivity contribution is 5.52. The minimum atomic E-state index is 0.133. The van der Waals surface area contributed by atoms with Crippen LogP contribution in [0.15, 0.2) is 4.99 Å². The van der Waals surface area contributed by atoms with Crippen molar-refractivity contribution in [2.24, 2.45) is 10.9 Å². The molecular formula is C9H15NO. The summed E-state index contributed by atoms with van der Waals surface area (Å²) in [7, 11) is 0. The Morgan fingerprint density at radius 3 is 2.64 bits per heavy atom. The lowest BCUT2D eigenvalue weighted by Crippen LogP contribution is -2.48. The van der Waals surface area contributed by atoms with Gasteiger partial charge in [-0.25, -0.2) is 0 Å². The molecule has 0 aromatic rings. The lowest BCUT2D eigenvalue weighted by molar-refractivity contribution is -0.0259. The van der Waals surface area contributed by atoms with Gasteiger partial charge in [0.1, 0.15) is 5.60 Å². The van der Waals surface area contributed by atoms with E-state index in [1.807, 2.05) is 0 Å². The van der Waals surface area contributed by atoms with E-state index in [1.54, 1.807) is 6.40 Å². The maximum atomic E-state index is 5.56. The van der Waals surface area contributed by atoms with E-state index in [1.165, 1.54) is 19.3 Å².